The summed E-state index contributed by atoms with van der Waals surface area (Å²) in [5.41, 5.74) is 0.465. The largest absolute Gasteiger partial charge is 0.481 e. The number of aliphatic carboxylic acids is 1. The van der Waals surface area contributed by atoms with Gasteiger partial charge < -0.3 is 9.84 Å². The number of fused-ring (bicyclic) bond motifs is 1. The summed E-state index contributed by atoms with van der Waals surface area (Å²) in [5, 5.41) is 11.0. The average molecular weight is 328 g/mol. The predicted molar refractivity (Wildman–Crippen MR) is 83.3 cm³/mol. The molecule has 1 N–H and O–H groups in total. The van der Waals surface area contributed by atoms with Crippen LogP contribution in [0, 0.1) is 0 Å². The second-order valence-corrected chi connectivity index (χ2v) is 6.25. The second-order valence-electron chi connectivity index (χ2n) is 4.39. The summed E-state index contributed by atoms with van der Waals surface area (Å²) in [6.07, 6.45) is -0.143. The Kier molecular flexibility index (Phi) is 5.38. The highest BCUT2D eigenvalue weighted by Crippen LogP contribution is 2.21. The number of thioether (sulfide) groups is 1. The third kappa shape index (κ3) is 3.84. The van der Waals surface area contributed by atoms with Crippen LogP contribution in [0.5, 0.6) is 0 Å². The van der Waals surface area contributed by atoms with Crippen molar-refractivity contribution in [3.63, 3.8) is 0 Å². The highest BCUT2D eigenvalue weighted by Gasteiger charge is 2.16. The van der Waals surface area contributed by atoms with Crippen molar-refractivity contribution < 1.29 is 14.6 Å². The topological polar surface area (TPSA) is 81.4 Å². The Hall–Kier alpha value is -1.38. The van der Waals surface area contributed by atoms with Gasteiger partial charge in [-0.3, -0.25) is 14.2 Å². The van der Waals surface area contributed by atoms with Crippen molar-refractivity contribution >= 4 is 39.3 Å². The van der Waals surface area contributed by atoms with Gasteiger partial charge in [0.2, 0.25) is 0 Å². The third-order valence-electron chi connectivity index (χ3n) is 2.75. The first-order valence-corrected chi connectivity index (χ1v) is 8.33. The zero-order valence-corrected chi connectivity index (χ0v) is 13.4. The van der Waals surface area contributed by atoms with Gasteiger partial charge in [-0.05, 0) is 25.3 Å². The first-order chi connectivity index (χ1) is 10.0. The lowest BCUT2D eigenvalue weighted by Crippen LogP contribution is -2.28. The van der Waals surface area contributed by atoms with E-state index in [1.165, 1.54) is 15.9 Å². The molecule has 114 valence electrons. The van der Waals surface area contributed by atoms with Crippen LogP contribution in [-0.4, -0.2) is 39.1 Å². The quantitative estimate of drug-likeness (QED) is 0.619. The van der Waals surface area contributed by atoms with Gasteiger partial charge in [0, 0.05) is 6.61 Å². The fourth-order valence-electron chi connectivity index (χ4n) is 1.92. The molecule has 2 aromatic heterocycles. The molecule has 2 heterocycles. The Morgan fingerprint density at radius 1 is 1.62 bits per heavy atom. The number of rotatable bonds is 7. The maximum Gasteiger partial charge on any atom is 0.313 e. The van der Waals surface area contributed by atoms with Crippen molar-refractivity contribution in [2.24, 2.45) is 0 Å². The first-order valence-electron chi connectivity index (χ1n) is 6.47. The van der Waals surface area contributed by atoms with Crippen LogP contribution in [0.25, 0.3) is 10.2 Å². The average Bonchev–Trinajstić information content (AvgIpc) is 2.88. The molecule has 1 unspecified atom stereocenters. The van der Waals surface area contributed by atoms with E-state index >= 15 is 0 Å². The molecule has 0 aromatic carbocycles. The Morgan fingerprint density at radius 2 is 2.38 bits per heavy atom. The van der Waals surface area contributed by atoms with E-state index in [2.05, 4.69) is 4.98 Å². The minimum atomic E-state index is -0.941. The highest BCUT2D eigenvalue weighted by molar-refractivity contribution is 7.99. The fourth-order valence-corrected chi connectivity index (χ4v) is 3.42. The Morgan fingerprint density at radius 3 is 3.05 bits per heavy atom. The van der Waals surface area contributed by atoms with Crippen molar-refractivity contribution in [3.05, 3.63) is 21.8 Å². The summed E-state index contributed by atoms with van der Waals surface area (Å²) in [6, 6.07) is 1.77. The number of aromatic nitrogens is 2. The van der Waals surface area contributed by atoms with E-state index in [0.29, 0.717) is 28.5 Å². The number of hydrogen-bond donors (Lipinski definition) is 1. The van der Waals surface area contributed by atoms with Gasteiger partial charge in [-0.2, -0.15) is 0 Å². The molecule has 0 aliphatic carbocycles. The molecule has 21 heavy (non-hydrogen) atoms. The standard InChI is InChI=1S/C13H16N2O4S2/c1-3-19-8(2)6-15-12(18)11-9(4-5-20-11)14-13(15)21-7-10(16)17/h4-5,8H,3,6-7H2,1-2H3,(H,16,17). The first kappa shape index (κ1) is 16.0. The lowest BCUT2D eigenvalue weighted by atomic mass is 10.4. The molecular formula is C13H16N2O4S2. The summed E-state index contributed by atoms with van der Waals surface area (Å²) in [4.78, 5) is 27.7. The molecule has 0 saturated heterocycles. The van der Waals surface area contributed by atoms with E-state index in [9.17, 15) is 9.59 Å². The SMILES string of the molecule is CCOC(C)Cn1c(SCC(=O)O)nc2ccsc2c1=O. The van der Waals surface area contributed by atoms with E-state index in [1.807, 2.05) is 13.8 Å². The molecule has 0 radical (unpaired) electrons. The molecular weight excluding hydrogens is 312 g/mol. The summed E-state index contributed by atoms with van der Waals surface area (Å²) < 4.78 is 7.55. The lowest BCUT2D eigenvalue weighted by Gasteiger charge is -2.16. The molecule has 0 saturated carbocycles. The van der Waals surface area contributed by atoms with Crippen LogP contribution in [0.15, 0.2) is 21.4 Å². The van der Waals surface area contributed by atoms with Gasteiger partial charge in [-0.25, -0.2) is 4.98 Å². The molecule has 0 spiro atoms. The van der Waals surface area contributed by atoms with E-state index in [-0.39, 0.29) is 17.4 Å². The third-order valence-corrected chi connectivity index (χ3v) is 4.60. The maximum absolute atomic E-state index is 12.5. The van der Waals surface area contributed by atoms with E-state index < -0.39 is 5.97 Å². The van der Waals surface area contributed by atoms with Crippen molar-refractivity contribution in [3.8, 4) is 0 Å². The maximum atomic E-state index is 12.5. The van der Waals surface area contributed by atoms with Gasteiger partial charge in [0.1, 0.15) is 4.70 Å². The molecule has 0 fully saturated rings. The van der Waals surface area contributed by atoms with Gasteiger partial charge in [0.25, 0.3) is 5.56 Å². The zero-order valence-electron chi connectivity index (χ0n) is 11.7. The Labute approximate surface area is 129 Å². The molecule has 1 atom stereocenters. The summed E-state index contributed by atoms with van der Waals surface area (Å²) in [6.45, 7) is 4.68. The highest BCUT2D eigenvalue weighted by atomic mass is 32.2. The molecule has 0 amide bonds. The van der Waals surface area contributed by atoms with Crippen molar-refractivity contribution in [2.45, 2.75) is 31.7 Å². The van der Waals surface area contributed by atoms with Crippen molar-refractivity contribution in [1.29, 1.82) is 0 Å². The van der Waals surface area contributed by atoms with Gasteiger partial charge in [0.05, 0.1) is 23.9 Å². The summed E-state index contributed by atoms with van der Waals surface area (Å²) in [5.74, 6) is -1.07. The summed E-state index contributed by atoms with van der Waals surface area (Å²) >= 11 is 2.39. The number of carboxylic acid groups (broad SMARTS) is 1. The van der Waals surface area contributed by atoms with Gasteiger partial charge >= 0.3 is 5.97 Å². The molecule has 2 rings (SSSR count). The zero-order chi connectivity index (χ0) is 15.4. The molecule has 0 aliphatic rings. The minimum absolute atomic E-state index is 0.134. The fraction of sp³-hybridized carbons (Fsp3) is 0.462. The Balaban J connectivity index is 2.41. The molecule has 0 bridgehead atoms. The second kappa shape index (κ2) is 7.06. The van der Waals surface area contributed by atoms with Gasteiger partial charge in [-0.15, -0.1) is 11.3 Å². The van der Waals surface area contributed by atoms with Crippen LogP contribution >= 0.6 is 23.1 Å². The van der Waals surface area contributed by atoms with Crippen LogP contribution in [0.1, 0.15) is 13.8 Å². The Bertz CT molecular complexity index is 695. The minimum Gasteiger partial charge on any atom is -0.481 e. The van der Waals surface area contributed by atoms with Crippen molar-refractivity contribution in [2.75, 3.05) is 12.4 Å². The van der Waals surface area contributed by atoms with Crippen LogP contribution < -0.4 is 5.56 Å². The number of nitrogens with zero attached hydrogens (tertiary/aromatic N) is 2. The number of ether oxygens (including phenoxy) is 1. The predicted octanol–water partition coefficient (Wildman–Crippen LogP) is 2.06. The van der Waals surface area contributed by atoms with Gasteiger partial charge in [-0.1, -0.05) is 11.8 Å². The number of thiophene rings is 1. The smallest absolute Gasteiger partial charge is 0.313 e. The number of carboxylic acids is 1. The van der Waals surface area contributed by atoms with Crippen LogP contribution in [0.4, 0.5) is 0 Å². The molecule has 8 heteroatoms. The van der Waals surface area contributed by atoms with Crippen LogP contribution in [0.3, 0.4) is 0 Å². The number of hydrogen-bond acceptors (Lipinski definition) is 6. The number of carbonyl (C=O) groups is 1. The normalized spacial score (nSPS) is 12.7. The lowest BCUT2D eigenvalue weighted by molar-refractivity contribution is -0.133. The molecule has 2 aromatic rings. The van der Waals surface area contributed by atoms with E-state index in [0.717, 1.165) is 11.8 Å². The van der Waals surface area contributed by atoms with Crippen molar-refractivity contribution in [1.82, 2.24) is 9.55 Å². The van der Waals surface area contributed by atoms with Gasteiger partial charge in [0.15, 0.2) is 5.16 Å². The van der Waals surface area contributed by atoms with E-state index in [4.69, 9.17) is 9.84 Å². The van der Waals surface area contributed by atoms with Crippen LogP contribution in [0.2, 0.25) is 0 Å². The summed E-state index contributed by atoms with van der Waals surface area (Å²) in [7, 11) is 0. The monoisotopic (exact) mass is 328 g/mol. The molecule has 0 aliphatic heterocycles. The molecule has 6 nitrogen and oxygen atoms in total. The van der Waals surface area contributed by atoms with Crippen LogP contribution in [-0.2, 0) is 16.1 Å². The van der Waals surface area contributed by atoms with E-state index in [1.54, 1.807) is 11.4 Å².